The van der Waals surface area contributed by atoms with Gasteiger partial charge in [-0.1, -0.05) is 47.0 Å². The Morgan fingerprint density at radius 2 is 1.58 bits per heavy atom. The maximum absolute atomic E-state index is 7.50. The molecule has 4 aromatic rings. The van der Waals surface area contributed by atoms with Crippen LogP contribution in [-0.4, -0.2) is 4.98 Å². The predicted molar refractivity (Wildman–Crippen MR) is 105 cm³/mol. The number of fused-ring (bicyclic) bond motifs is 1. The summed E-state index contributed by atoms with van der Waals surface area (Å²) in [5.41, 5.74) is 5.95. The molecule has 0 aliphatic rings. The fourth-order valence-corrected chi connectivity index (χ4v) is 4.02. The minimum absolute atomic E-state index is 0.367. The summed E-state index contributed by atoms with van der Waals surface area (Å²) in [6, 6.07) is 17.9. The first-order valence-corrected chi connectivity index (χ1v) is 8.70. The Morgan fingerprint density at radius 3 is 2.29 bits per heavy atom. The Labute approximate surface area is 150 Å². The van der Waals surface area contributed by atoms with Crippen molar-refractivity contribution in [3.8, 4) is 21.7 Å². The lowest BCUT2D eigenvalue weighted by Gasteiger charge is -2.04. The van der Waals surface area contributed by atoms with E-state index in [0.717, 1.165) is 31.8 Å². The summed E-state index contributed by atoms with van der Waals surface area (Å²) in [7, 11) is 0. The quantitative estimate of drug-likeness (QED) is 0.405. The molecule has 0 aliphatic heterocycles. The summed E-state index contributed by atoms with van der Waals surface area (Å²) >= 11 is 1.67. The van der Waals surface area contributed by atoms with Crippen LogP contribution in [0.2, 0.25) is 0 Å². The van der Waals surface area contributed by atoms with Crippen molar-refractivity contribution < 1.29 is 4.11 Å². The van der Waals surface area contributed by atoms with Gasteiger partial charge in [0, 0.05) is 20.7 Å². The van der Waals surface area contributed by atoms with Crippen LogP contribution in [0, 0.1) is 20.7 Å². The highest BCUT2D eigenvalue weighted by molar-refractivity contribution is 7.22. The van der Waals surface area contributed by atoms with Crippen LogP contribution in [0.5, 0.6) is 0 Å². The van der Waals surface area contributed by atoms with Gasteiger partial charge in [0.1, 0.15) is 0 Å². The second-order valence-corrected chi connectivity index (χ2v) is 7.26. The second-order valence-electron chi connectivity index (χ2n) is 6.17. The highest BCUT2D eigenvalue weighted by Crippen LogP contribution is 2.35. The molecule has 2 aromatic carbocycles. The van der Waals surface area contributed by atoms with E-state index in [1.165, 1.54) is 11.1 Å². The Kier molecular flexibility index (Phi) is 2.94. The van der Waals surface area contributed by atoms with Crippen LogP contribution in [0.15, 0.2) is 60.8 Å². The molecule has 0 unspecified atom stereocenters. The van der Waals surface area contributed by atoms with Gasteiger partial charge in [-0.3, -0.25) is 4.98 Å². The standard InChI is InChI=1S/C22H19NS/c1-14-4-6-17(7-5-14)21-12-19-11-20(23-13-22(19)24-21)18-9-15(2)8-16(3)10-18/h4-13H,1-3H3/i1D3. The molecule has 2 aromatic heterocycles. The topological polar surface area (TPSA) is 12.9 Å². The molecule has 0 bridgehead atoms. The molecule has 24 heavy (non-hydrogen) atoms. The van der Waals surface area contributed by atoms with Crippen LogP contribution in [0.4, 0.5) is 0 Å². The van der Waals surface area contributed by atoms with E-state index in [4.69, 9.17) is 4.11 Å². The van der Waals surface area contributed by atoms with E-state index in [-0.39, 0.29) is 0 Å². The van der Waals surface area contributed by atoms with Crippen LogP contribution in [0.1, 0.15) is 20.8 Å². The average Bonchev–Trinajstić information content (AvgIpc) is 3.03. The molecule has 0 amide bonds. The van der Waals surface area contributed by atoms with Crippen molar-refractivity contribution >= 4 is 21.4 Å². The van der Waals surface area contributed by atoms with Crippen molar-refractivity contribution in [1.29, 1.82) is 0 Å². The van der Waals surface area contributed by atoms with Gasteiger partial charge in [-0.2, -0.15) is 0 Å². The first kappa shape index (κ1) is 12.0. The molecule has 2 heteroatoms. The second kappa shape index (κ2) is 5.88. The number of rotatable bonds is 2. The van der Waals surface area contributed by atoms with Crippen LogP contribution in [0.3, 0.4) is 0 Å². The number of thiophene rings is 1. The van der Waals surface area contributed by atoms with Crippen LogP contribution in [0.25, 0.3) is 31.8 Å². The lowest BCUT2D eigenvalue weighted by atomic mass is 10.0. The molecule has 0 aliphatic carbocycles. The molecular formula is C22H19NS. The average molecular weight is 332 g/mol. The van der Waals surface area contributed by atoms with Gasteiger partial charge in [0.05, 0.1) is 10.4 Å². The third-order valence-electron chi connectivity index (χ3n) is 4.09. The smallest absolute Gasteiger partial charge is 0.0709 e. The summed E-state index contributed by atoms with van der Waals surface area (Å²) in [5.74, 6) is 0. The van der Waals surface area contributed by atoms with E-state index < -0.39 is 6.85 Å². The maximum atomic E-state index is 7.50. The number of benzene rings is 2. The molecule has 0 fully saturated rings. The van der Waals surface area contributed by atoms with Gasteiger partial charge in [-0.25, -0.2) is 0 Å². The summed E-state index contributed by atoms with van der Waals surface area (Å²) in [6.45, 7) is 2.13. The van der Waals surface area contributed by atoms with E-state index in [1.807, 2.05) is 18.3 Å². The lowest BCUT2D eigenvalue weighted by molar-refractivity contribution is 1.33. The number of hydrogen-bond donors (Lipinski definition) is 0. The predicted octanol–water partition coefficient (Wildman–Crippen LogP) is 6.56. The Hall–Kier alpha value is -2.45. The third-order valence-corrected chi connectivity index (χ3v) is 5.23. The monoisotopic (exact) mass is 332 g/mol. The van der Waals surface area contributed by atoms with E-state index in [0.29, 0.717) is 5.56 Å². The van der Waals surface area contributed by atoms with Crippen molar-refractivity contribution in [2.75, 3.05) is 0 Å². The highest BCUT2D eigenvalue weighted by atomic mass is 32.1. The zero-order valence-corrected chi connectivity index (χ0v) is 14.4. The van der Waals surface area contributed by atoms with Gasteiger partial charge in [0.25, 0.3) is 0 Å². The van der Waals surface area contributed by atoms with Crippen molar-refractivity contribution in [1.82, 2.24) is 4.98 Å². The minimum atomic E-state index is -2.07. The molecule has 0 spiro atoms. The summed E-state index contributed by atoms with van der Waals surface area (Å²) in [6.07, 6.45) is 1.92. The lowest BCUT2D eigenvalue weighted by Crippen LogP contribution is -1.85. The van der Waals surface area contributed by atoms with Crippen LogP contribution < -0.4 is 0 Å². The fraction of sp³-hybridized carbons (Fsp3) is 0.136. The van der Waals surface area contributed by atoms with Crippen molar-refractivity contribution in [3.63, 3.8) is 0 Å². The number of hydrogen-bond acceptors (Lipinski definition) is 2. The summed E-state index contributed by atoms with van der Waals surface area (Å²) in [5, 5.41) is 1.15. The van der Waals surface area contributed by atoms with Gasteiger partial charge >= 0.3 is 0 Å². The van der Waals surface area contributed by atoms with Gasteiger partial charge in [0.15, 0.2) is 0 Å². The first-order valence-electron chi connectivity index (χ1n) is 9.39. The summed E-state index contributed by atoms with van der Waals surface area (Å²) in [4.78, 5) is 5.76. The minimum Gasteiger partial charge on any atom is -0.255 e. The molecule has 0 N–H and O–H groups in total. The van der Waals surface area contributed by atoms with Gasteiger partial charge in [-0.05, 0) is 55.9 Å². The number of aryl methyl sites for hydroxylation is 3. The third kappa shape index (κ3) is 2.85. The number of nitrogens with zero attached hydrogens (tertiary/aromatic N) is 1. The molecular weight excluding hydrogens is 310 g/mol. The van der Waals surface area contributed by atoms with E-state index in [1.54, 1.807) is 23.5 Å². The normalized spacial score (nSPS) is 13.5. The Bertz CT molecular complexity index is 1100. The molecule has 2 heterocycles. The van der Waals surface area contributed by atoms with Gasteiger partial charge in [0.2, 0.25) is 0 Å². The molecule has 0 saturated carbocycles. The number of pyridine rings is 1. The first-order chi connectivity index (χ1) is 12.8. The van der Waals surface area contributed by atoms with Crippen molar-refractivity contribution in [2.45, 2.75) is 20.7 Å². The maximum Gasteiger partial charge on any atom is 0.0709 e. The highest BCUT2D eigenvalue weighted by Gasteiger charge is 2.08. The van der Waals surface area contributed by atoms with Gasteiger partial charge < -0.3 is 0 Å². The van der Waals surface area contributed by atoms with Gasteiger partial charge in [-0.15, -0.1) is 11.3 Å². The number of aromatic nitrogens is 1. The zero-order chi connectivity index (χ0) is 19.2. The van der Waals surface area contributed by atoms with Crippen LogP contribution >= 0.6 is 11.3 Å². The van der Waals surface area contributed by atoms with Crippen LogP contribution in [-0.2, 0) is 0 Å². The molecule has 4 rings (SSSR count). The largest absolute Gasteiger partial charge is 0.255 e. The molecule has 0 atom stereocenters. The molecule has 118 valence electrons. The van der Waals surface area contributed by atoms with Crippen molar-refractivity contribution in [3.05, 3.63) is 77.5 Å². The zero-order valence-electron chi connectivity index (χ0n) is 16.6. The molecule has 0 saturated heterocycles. The summed E-state index contributed by atoms with van der Waals surface area (Å²) < 4.78 is 23.6. The van der Waals surface area contributed by atoms with E-state index in [2.05, 4.69) is 49.2 Å². The van der Waals surface area contributed by atoms with E-state index in [9.17, 15) is 0 Å². The Balaban J connectivity index is 1.72. The SMILES string of the molecule is [2H]C([2H])([2H])c1ccc(-c2cc3cc(-c4cc(C)cc(C)c4)ncc3s2)cc1. The molecule has 1 nitrogen and oxygen atoms in total. The fourth-order valence-electron chi connectivity index (χ4n) is 3.00. The van der Waals surface area contributed by atoms with Crippen molar-refractivity contribution in [2.24, 2.45) is 0 Å². The Morgan fingerprint density at radius 1 is 0.833 bits per heavy atom. The van der Waals surface area contributed by atoms with E-state index >= 15 is 0 Å². The molecule has 0 radical (unpaired) electrons.